The van der Waals surface area contributed by atoms with Gasteiger partial charge in [-0.1, -0.05) is 63.5 Å². The molecule has 0 bridgehead atoms. The van der Waals surface area contributed by atoms with Gasteiger partial charge in [0.15, 0.2) is 0 Å². The van der Waals surface area contributed by atoms with Crippen LogP contribution in [-0.4, -0.2) is 27.7 Å². The van der Waals surface area contributed by atoms with Gasteiger partial charge in [-0.2, -0.15) is 0 Å². The molecule has 0 aliphatic carbocycles. The fourth-order valence-electron chi connectivity index (χ4n) is 2.94. The van der Waals surface area contributed by atoms with E-state index < -0.39 is 22.6 Å². The van der Waals surface area contributed by atoms with Crippen LogP contribution < -0.4 is 8.85 Å². The summed E-state index contributed by atoms with van der Waals surface area (Å²) in [7, 11) is -4.05. The number of hydrogen-bond donors (Lipinski definition) is 1. The molecule has 7 heteroatoms. The Labute approximate surface area is 216 Å². The second-order valence-corrected chi connectivity index (χ2v) is 22.4. The molecule has 0 aromatic heterocycles. The predicted octanol–water partition coefficient (Wildman–Crippen LogP) is 8.70. The van der Waals surface area contributed by atoms with Gasteiger partial charge < -0.3 is 14.0 Å². The quantitative estimate of drug-likeness (QED) is 0.325. The van der Waals surface area contributed by atoms with Gasteiger partial charge in [0, 0.05) is 10.5 Å². The maximum Gasteiger partial charge on any atom is 0.335 e. The summed E-state index contributed by atoms with van der Waals surface area (Å²) in [5.74, 6) is 0.828. The molecular formula is C27H41BrO4Si2. The van der Waals surface area contributed by atoms with E-state index in [9.17, 15) is 9.90 Å². The van der Waals surface area contributed by atoms with Crippen molar-refractivity contribution in [2.24, 2.45) is 0 Å². The Bertz CT molecular complexity index is 1030. The average Bonchev–Trinajstić information content (AvgIpc) is 2.66. The van der Waals surface area contributed by atoms with E-state index in [0.29, 0.717) is 12.0 Å². The van der Waals surface area contributed by atoms with Crippen LogP contribution in [0.25, 0.3) is 0 Å². The normalized spacial score (nSPS) is 13.0. The third-order valence-corrected chi connectivity index (χ3v) is 16.8. The fourth-order valence-corrected chi connectivity index (χ4v) is 5.46. The van der Waals surface area contributed by atoms with Crippen LogP contribution in [0, 0.1) is 0 Å². The molecule has 0 fully saturated rings. The highest BCUT2D eigenvalue weighted by molar-refractivity contribution is 9.10. The van der Waals surface area contributed by atoms with Crippen LogP contribution >= 0.6 is 15.9 Å². The van der Waals surface area contributed by atoms with Crippen LogP contribution in [0.15, 0.2) is 40.9 Å². The SMILES string of the molecule is CC(C)(C)[Si](C)(C)Oc1ccc(CCc2cc(C(=O)O)ccc2Br)c(O[Si](C)(C)C(C)(C)C)c1. The summed E-state index contributed by atoms with van der Waals surface area (Å²) in [6.07, 6.45) is 1.45. The van der Waals surface area contributed by atoms with Crippen molar-refractivity contribution in [1.82, 2.24) is 0 Å². The monoisotopic (exact) mass is 564 g/mol. The molecule has 0 aliphatic rings. The maximum absolute atomic E-state index is 11.4. The van der Waals surface area contributed by atoms with Gasteiger partial charge in [-0.25, -0.2) is 4.79 Å². The van der Waals surface area contributed by atoms with Crippen molar-refractivity contribution in [1.29, 1.82) is 0 Å². The molecule has 2 rings (SSSR count). The lowest BCUT2D eigenvalue weighted by Crippen LogP contribution is -2.44. The third kappa shape index (κ3) is 6.98. The Morgan fingerprint density at radius 3 is 1.88 bits per heavy atom. The van der Waals surface area contributed by atoms with Gasteiger partial charge in [0.05, 0.1) is 5.56 Å². The van der Waals surface area contributed by atoms with Gasteiger partial charge in [-0.3, -0.25) is 0 Å². The first-order valence-corrected chi connectivity index (χ1v) is 18.5. The first-order chi connectivity index (χ1) is 15.3. The smallest absolute Gasteiger partial charge is 0.335 e. The summed E-state index contributed by atoms with van der Waals surface area (Å²) in [5, 5.41) is 9.55. The molecule has 2 aromatic rings. The Balaban J connectivity index is 2.42. The molecule has 0 radical (unpaired) electrons. The van der Waals surface area contributed by atoms with Gasteiger partial charge in [-0.05, 0) is 84.5 Å². The molecule has 0 spiro atoms. The highest BCUT2D eigenvalue weighted by Gasteiger charge is 2.41. The van der Waals surface area contributed by atoms with E-state index in [0.717, 1.165) is 33.5 Å². The lowest BCUT2D eigenvalue weighted by atomic mass is 10.0. The molecular weight excluding hydrogens is 524 g/mol. The fraction of sp³-hybridized carbons (Fsp3) is 0.519. The molecule has 4 nitrogen and oxygen atoms in total. The summed E-state index contributed by atoms with van der Waals surface area (Å²) in [6, 6.07) is 11.4. The number of halogens is 1. The molecule has 0 heterocycles. The summed E-state index contributed by atoms with van der Waals surface area (Å²) in [6.45, 7) is 22.5. The lowest BCUT2D eigenvalue weighted by Gasteiger charge is -2.38. The van der Waals surface area contributed by atoms with Crippen molar-refractivity contribution in [3.8, 4) is 11.5 Å². The van der Waals surface area contributed by atoms with E-state index in [1.54, 1.807) is 12.1 Å². The van der Waals surface area contributed by atoms with Gasteiger partial charge in [-0.15, -0.1) is 0 Å². The van der Waals surface area contributed by atoms with E-state index in [-0.39, 0.29) is 10.1 Å². The zero-order valence-electron chi connectivity index (χ0n) is 22.4. The molecule has 0 aliphatic heterocycles. The second-order valence-electron chi connectivity index (χ2n) is 12.1. The average molecular weight is 566 g/mol. The van der Waals surface area contributed by atoms with Crippen LogP contribution in [0.4, 0.5) is 0 Å². The number of benzene rings is 2. The summed E-state index contributed by atoms with van der Waals surface area (Å²) >= 11 is 3.58. The molecule has 0 amide bonds. The Morgan fingerprint density at radius 1 is 0.824 bits per heavy atom. The van der Waals surface area contributed by atoms with E-state index >= 15 is 0 Å². The van der Waals surface area contributed by atoms with Crippen molar-refractivity contribution >= 4 is 38.5 Å². The predicted molar refractivity (Wildman–Crippen MR) is 151 cm³/mol. The standard InChI is InChI=1S/C27H41BrO4Si2/c1-26(2,3)33(7,8)31-22-15-13-19(24(18-22)32-34(9,10)27(4,5)6)11-12-20-17-21(25(29)30)14-16-23(20)28/h13-18H,11-12H2,1-10H3,(H,29,30). The molecule has 0 atom stereocenters. The van der Waals surface area contributed by atoms with E-state index in [2.05, 4.69) is 102 Å². The zero-order chi connectivity index (χ0) is 26.1. The molecule has 188 valence electrons. The van der Waals surface area contributed by atoms with Crippen LogP contribution in [0.1, 0.15) is 63.0 Å². The molecule has 1 N–H and O–H groups in total. The number of aromatic carboxylic acids is 1. The number of aryl methyl sites for hydroxylation is 2. The molecule has 34 heavy (non-hydrogen) atoms. The van der Waals surface area contributed by atoms with Gasteiger partial charge in [0.25, 0.3) is 0 Å². The molecule has 2 aromatic carbocycles. The minimum atomic E-state index is -2.07. The van der Waals surface area contributed by atoms with Gasteiger partial charge >= 0.3 is 5.97 Å². The van der Waals surface area contributed by atoms with Crippen LogP contribution in [0.2, 0.25) is 36.3 Å². The van der Waals surface area contributed by atoms with Crippen molar-refractivity contribution in [3.63, 3.8) is 0 Å². The second kappa shape index (κ2) is 10.2. The van der Waals surface area contributed by atoms with Crippen molar-refractivity contribution < 1.29 is 18.8 Å². The summed E-state index contributed by atoms with van der Waals surface area (Å²) in [5.41, 5.74) is 2.38. The largest absolute Gasteiger partial charge is 0.543 e. The highest BCUT2D eigenvalue weighted by Crippen LogP contribution is 2.41. The minimum Gasteiger partial charge on any atom is -0.543 e. The van der Waals surface area contributed by atoms with E-state index in [4.69, 9.17) is 8.85 Å². The topological polar surface area (TPSA) is 55.8 Å². The Hall–Kier alpha value is -1.58. The Morgan fingerprint density at radius 2 is 1.35 bits per heavy atom. The number of carboxylic acids is 1. The maximum atomic E-state index is 11.4. The van der Waals surface area contributed by atoms with Gasteiger partial charge in [0.2, 0.25) is 16.6 Å². The summed E-state index contributed by atoms with van der Waals surface area (Å²) < 4.78 is 14.3. The van der Waals surface area contributed by atoms with Crippen molar-refractivity contribution in [2.45, 2.75) is 90.6 Å². The number of hydrogen-bond acceptors (Lipinski definition) is 3. The number of carbonyl (C=O) groups is 1. The minimum absolute atomic E-state index is 0.0689. The van der Waals surface area contributed by atoms with Crippen LogP contribution in [0.5, 0.6) is 11.5 Å². The molecule has 0 unspecified atom stereocenters. The van der Waals surface area contributed by atoms with Crippen molar-refractivity contribution in [3.05, 3.63) is 57.6 Å². The van der Waals surface area contributed by atoms with Gasteiger partial charge in [0.1, 0.15) is 11.5 Å². The third-order valence-electron chi connectivity index (χ3n) is 7.35. The number of carboxylic acid groups (broad SMARTS) is 1. The molecule has 0 saturated carbocycles. The summed E-state index contributed by atoms with van der Waals surface area (Å²) in [4.78, 5) is 11.4. The first-order valence-electron chi connectivity index (χ1n) is 11.9. The lowest BCUT2D eigenvalue weighted by molar-refractivity contribution is 0.0696. The zero-order valence-corrected chi connectivity index (χ0v) is 26.0. The first kappa shape index (κ1) is 28.7. The highest BCUT2D eigenvalue weighted by atomic mass is 79.9. The van der Waals surface area contributed by atoms with Crippen LogP contribution in [0.3, 0.4) is 0 Å². The van der Waals surface area contributed by atoms with Crippen molar-refractivity contribution in [2.75, 3.05) is 0 Å². The Kier molecular flexibility index (Phi) is 8.59. The van der Waals surface area contributed by atoms with E-state index in [1.807, 2.05) is 6.07 Å². The molecule has 0 saturated heterocycles. The number of rotatable bonds is 8. The van der Waals surface area contributed by atoms with Crippen LogP contribution in [-0.2, 0) is 12.8 Å². The van der Waals surface area contributed by atoms with E-state index in [1.165, 1.54) is 0 Å².